The molecule has 1 fully saturated rings. The average Bonchev–Trinajstić information content (AvgIpc) is 3.06. The molecule has 4 rings (SSSR count). The van der Waals surface area contributed by atoms with Gasteiger partial charge in [-0.1, -0.05) is 30.7 Å². The first kappa shape index (κ1) is 16.5. The van der Waals surface area contributed by atoms with E-state index in [9.17, 15) is 0 Å². The van der Waals surface area contributed by atoms with Crippen molar-refractivity contribution in [1.82, 2.24) is 14.9 Å². The lowest BCUT2D eigenvalue weighted by Gasteiger charge is -2.35. The van der Waals surface area contributed by atoms with Crippen LogP contribution in [-0.2, 0) is 0 Å². The van der Waals surface area contributed by atoms with Crippen LogP contribution in [0.5, 0.6) is 0 Å². The highest BCUT2D eigenvalue weighted by Crippen LogP contribution is 2.39. The first-order chi connectivity index (χ1) is 12.2. The molecule has 0 atom stereocenters. The molecular weight excluding hydrogens is 328 g/mol. The minimum absolute atomic E-state index is 1.03. The Balaban J connectivity index is 1.80. The molecule has 0 bridgehead atoms. The molecule has 130 valence electrons. The van der Waals surface area contributed by atoms with Gasteiger partial charge in [-0.05, 0) is 31.5 Å². The SMILES string of the molecule is CCN1CCN(c2ncnc3scc(-c4ccc(C)cc4C)c23)CC1. The molecule has 1 aliphatic heterocycles. The van der Waals surface area contributed by atoms with Gasteiger partial charge in [0.15, 0.2) is 0 Å². The van der Waals surface area contributed by atoms with Crippen molar-refractivity contribution in [3.8, 4) is 11.1 Å². The lowest BCUT2D eigenvalue weighted by atomic mass is 9.99. The molecule has 4 nitrogen and oxygen atoms in total. The maximum Gasteiger partial charge on any atom is 0.141 e. The van der Waals surface area contributed by atoms with Crippen molar-refractivity contribution in [3.63, 3.8) is 0 Å². The van der Waals surface area contributed by atoms with Crippen LogP contribution in [0.25, 0.3) is 21.3 Å². The van der Waals surface area contributed by atoms with Crippen molar-refractivity contribution in [2.45, 2.75) is 20.8 Å². The summed E-state index contributed by atoms with van der Waals surface area (Å²) in [6.07, 6.45) is 1.71. The Kier molecular flexibility index (Phi) is 4.44. The number of fused-ring (bicyclic) bond motifs is 1. The minimum atomic E-state index is 1.03. The largest absolute Gasteiger partial charge is 0.353 e. The zero-order valence-corrected chi connectivity index (χ0v) is 15.9. The first-order valence-corrected chi connectivity index (χ1v) is 9.82. The van der Waals surface area contributed by atoms with Crippen LogP contribution in [0.2, 0.25) is 0 Å². The van der Waals surface area contributed by atoms with Crippen LogP contribution >= 0.6 is 11.3 Å². The van der Waals surface area contributed by atoms with Gasteiger partial charge in [0.05, 0.1) is 5.39 Å². The van der Waals surface area contributed by atoms with Crippen LogP contribution in [0.15, 0.2) is 29.9 Å². The van der Waals surface area contributed by atoms with Crippen LogP contribution in [-0.4, -0.2) is 47.6 Å². The Morgan fingerprint density at radius 3 is 2.56 bits per heavy atom. The van der Waals surface area contributed by atoms with E-state index in [1.165, 1.54) is 27.6 Å². The summed E-state index contributed by atoms with van der Waals surface area (Å²) in [6, 6.07) is 6.68. The van der Waals surface area contributed by atoms with Crippen molar-refractivity contribution in [3.05, 3.63) is 41.0 Å². The Bertz CT molecular complexity index is 894. The van der Waals surface area contributed by atoms with Crippen LogP contribution in [0.1, 0.15) is 18.1 Å². The van der Waals surface area contributed by atoms with Crippen LogP contribution in [0.4, 0.5) is 5.82 Å². The van der Waals surface area contributed by atoms with E-state index in [0.717, 1.165) is 43.4 Å². The molecule has 0 radical (unpaired) electrons. The fourth-order valence-corrected chi connectivity index (χ4v) is 4.59. The van der Waals surface area contributed by atoms with Crippen molar-refractivity contribution in [1.29, 1.82) is 0 Å². The summed E-state index contributed by atoms with van der Waals surface area (Å²) in [4.78, 5) is 15.2. The second kappa shape index (κ2) is 6.73. The molecular formula is C20H24N4S. The quantitative estimate of drug-likeness (QED) is 0.710. The van der Waals surface area contributed by atoms with Gasteiger partial charge in [0.2, 0.25) is 0 Å². The highest BCUT2D eigenvalue weighted by molar-refractivity contribution is 7.17. The van der Waals surface area contributed by atoms with E-state index in [2.05, 4.69) is 64.1 Å². The predicted octanol–water partition coefficient (Wildman–Crippen LogP) is 4.12. The third-order valence-electron chi connectivity index (χ3n) is 5.14. The fraction of sp³-hybridized carbons (Fsp3) is 0.400. The zero-order valence-electron chi connectivity index (χ0n) is 15.1. The second-order valence-electron chi connectivity index (χ2n) is 6.77. The maximum atomic E-state index is 4.69. The van der Waals surface area contributed by atoms with Crippen LogP contribution in [0.3, 0.4) is 0 Å². The van der Waals surface area contributed by atoms with E-state index in [0.29, 0.717) is 0 Å². The molecule has 2 aromatic heterocycles. The average molecular weight is 353 g/mol. The van der Waals surface area contributed by atoms with Gasteiger partial charge in [0.25, 0.3) is 0 Å². The maximum absolute atomic E-state index is 4.69. The number of nitrogens with zero attached hydrogens (tertiary/aromatic N) is 4. The topological polar surface area (TPSA) is 32.3 Å². The Labute approximate surface area is 153 Å². The van der Waals surface area contributed by atoms with E-state index in [-0.39, 0.29) is 0 Å². The molecule has 3 aromatic rings. The van der Waals surface area contributed by atoms with Crippen molar-refractivity contribution in [2.75, 3.05) is 37.6 Å². The number of aryl methyl sites for hydroxylation is 2. The lowest BCUT2D eigenvalue weighted by molar-refractivity contribution is 0.271. The van der Waals surface area contributed by atoms with Gasteiger partial charge >= 0.3 is 0 Å². The van der Waals surface area contributed by atoms with Gasteiger partial charge < -0.3 is 9.80 Å². The van der Waals surface area contributed by atoms with Gasteiger partial charge in [-0.25, -0.2) is 9.97 Å². The third-order valence-corrected chi connectivity index (χ3v) is 6.03. The molecule has 1 aliphatic rings. The normalized spacial score (nSPS) is 15.9. The van der Waals surface area contributed by atoms with Gasteiger partial charge in [-0.15, -0.1) is 11.3 Å². The Hall–Kier alpha value is -1.98. The summed E-state index contributed by atoms with van der Waals surface area (Å²) < 4.78 is 0. The summed E-state index contributed by atoms with van der Waals surface area (Å²) in [5.74, 6) is 1.09. The number of anilines is 1. The van der Waals surface area contributed by atoms with E-state index in [1.807, 2.05) is 0 Å². The van der Waals surface area contributed by atoms with Crippen LogP contribution in [0, 0.1) is 13.8 Å². The molecule has 1 saturated heterocycles. The number of piperazine rings is 1. The van der Waals surface area contributed by atoms with E-state index < -0.39 is 0 Å². The number of thiophene rings is 1. The highest BCUT2D eigenvalue weighted by atomic mass is 32.1. The van der Waals surface area contributed by atoms with Gasteiger partial charge in [-0.2, -0.15) is 0 Å². The number of likely N-dealkylation sites (N-methyl/N-ethyl adjacent to an activating group) is 1. The molecule has 0 amide bonds. The fourth-order valence-electron chi connectivity index (χ4n) is 3.69. The molecule has 0 saturated carbocycles. The number of hydrogen-bond acceptors (Lipinski definition) is 5. The van der Waals surface area contributed by atoms with Crippen molar-refractivity contribution in [2.24, 2.45) is 0 Å². The number of hydrogen-bond donors (Lipinski definition) is 0. The summed E-state index contributed by atoms with van der Waals surface area (Å²) in [5, 5.41) is 3.45. The van der Waals surface area contributed by atoms with Crippen LogP contribution < -0.4 is 4.90 Å². The number of aromatic nitrogens is 2. The monoisotopic (exact) mass is 352 g/mol. The standard InChI is InChI=1S/C20H24N4S/c1-4-23-7-9-24(10-8-23)19-18-17(12-25-20(18)22-13-21-19)16-6-5-14(2)11-15(16)3/h5-6,11-13H,4,7-10H2,1-3H3. The molecule has 0 N–H and O–H groups in total. The smallest absolute Gasteiger partial charge is 0.141 e. The minimum Gasteiger partial charge on any atom is -0.353 e. The van der Waals surface area contributed by atoms with Crippen molar-refractivity contribution < 1.29 is 0 Å². The summed E-state index contributed by atoms with van der Waals surface area (Å²) in [7, 11) is 0. The zero-order chi connectivity index (χ0) is 17.4. The second-order valence-corrected chi connectivity index (χ2v) is 7.62. The molecule has 5 heteroatoms. The molecule has 0 spiro atoms. The first-order valence-electron chi connectivity index (χ1n) is 8.94. The summed E-state index contributed by atoms with van der Waals surface area (Å²) in [6.45, 7) is 12.0. The Morgan fingerprint density at radius 1 is 1.04 bits per heavy atom. The van der Waals surface area contributed by atoms with Gasteiger partial charge in [0, 0.05) is 37.1 Å². The molecule has 1 aromatic carbocycles. The predicted molar refractivity (Wildman–Crippen MR) is 107 cm³/mol. The Morgan fingerprint density at radius 2 is 1.84 bits per heavy atom. The van der Waals surface area contributed by atoms with E-state index >= 15 is 0 Å². The van der Waals surface area contributed by atoms with Gasteiger partial charge in [-0.3, -0.25) is 0 Å². The summed E-state index contributed by atoms with van der Waals surface area (Å²) in [5.41, 5.74) is 5.17. The van der Waals surface area contributed by atoms with E-state index in [1.54, 1.807) is 17.7 Å². The molecule has 25 heavy (non-hydrogen) atoms. The molecule has 3 heterocycles. The number of benzene rings is 1. The number of rotatable bonds is 3. The third kappa shape index (κ3) is 3.02. The van der Waals surface area contributed by atoms with E-state index in [4.69, 9.17) is 0 Å². The van der Waals surface area contributed by atoms with Crippen molar-refractivity contribution >= 4 is 27.4 Å². The molecule has 0 unspecified atom stereocenters. The molecule has 0 aliphatic carbocycles. The summed E-state index contributed by atoms with van der Waals surface area (Å²) >= 11 is 1.72. The lowest BCUT2D eigenvalue weighted by Crippen LogP contribution is -2.46. The highest BCUT2D eigenvalue weighted by Gasteiger charge is 2.22. The van der Waals surface area contributed by atoms with Gasteiger partial charge in [0.1, 0.15) is 17.0 Å².